The maximum absolute atomic E-state index is 12.4. The maximum atomic E-state index is 12.4. The number of ether oxygens (including phenoxy) is 1. The fourth-order valence-electron chi connectivity index (χ4n) is 2.56. The molecule has 23 heavy (non-hydrogen) atoms. The number of hydrogen-bond acceptors (Lipinski definition) is 7. The van der Waals surface area contributed by atoms with Crippen LogP contribution in [0.1, 0.15) is 13.3 Å². The number of carbonyl (C=O) groups is 1. The molecule has 0 bridgehead atoms. The highest BCUT2D eigenvalue weighted by molar-refractivity contribution is 6.30. The Morgan fingerprint density at radius 1 is 1.65 bits per heavy atom. The number of β-amino-alcohol motifs (C(OH)–C–C–N with tert-alkyl or cyclic N) is 1. The average molecular weight is 344 g/mol. The Morgan fingerprint density at radius 2 is 2.39 bits per heavy atom. The van der Waals surface area contributed by atoms with Gasteiger partial charge in [-0.2, -0.15) is 0 Å². The second kappa shape index (κ2) is 7.12. The molecule has 3 N–H and O–H groups in total. The first-order valence-electron chi connectivity index (χ1n) is 7.19. The van der Waals surface area contributed by atoms with Crippen LogP contribution in [0.25, 0.3) is 0 Å². The first-order chi connectivity index (χ1) is 10.9. The van der Waals surface area contributed by atoms with Crippen LogP contribution >= 0.6 is 11.6 Å². The fourth-order valence-corrected chi connectivity index (χ4v) is 2.73. The molecule has 126 valence electrons. The molecule has 1 aliphatic heterocycles. The van der Waals surface area contributed by atoms with E-state index in [0.29, 0.717) is 6.54 Å². The summed E-state index contributed by atoms with van der Waals surface area (Å²) in [4.78, 5) is 23.0. The van der Waals surface area contributed by atoms with E-state index in [4.69, 9.17) is 16.3 Å². The zero-order valence-corrected chi connectivity index (χ0v) is 13.3. The van der Waals surface area contributed by atoms with Gasteiger partial charge in [-0.25, -0.2) is 4.79 Å². The summed E-state index contributed by atoms with van der Waals surface area (Å²) in [7, 11) is 0. The molecule has 1 heterocycles. The van der Waals surface area contributed by atoms with Gasteiger partial charge in [-0.3, -0.25) is 10.1 Å². The molecule has 8 nitrogen and oxygen atoms in total. The van der Waals surface area contributed by atoms with Gasteiger partial charge in [0.05, 0.1) is 11.5 Å². The van der Waals surface area contributed by atoms with Crippen LogP contribution in [0, 0.1) is 10.1 Å². The molecule has 1 saturated heterocycles. The Morgan fingerprint density at radius 3 is 3.00 bits per heavy atom. The number of anilines is 1. The summed E-state index contributed by atoms with van der Waals surface area (Å²) < 4.78 is 5.07. The third kappa shape index (κ3) is 3.54. The minimum atomic E-state index is -1.44. The number of esters is 1. The molecule has 9 heteroatoms. The molecule has 0 spiro atoms. The van der Waals surface area contributed by atoms with Crippen LogP contribution in [0.2, 0.25) is 5.02 Å². The smallest absolute Gasteiger partial charge is 0.334 e. The largest absolute Gasteiger partial charge is 0.464 e. The number of hydrogen-bond donors (Lipinski definition) is 3. The van der Waals surface area contributed by atoms with Crippen molar-refractivity contribution >= 4 is 28.9 Å². The molecule has 1 aromatic rings. The molecule has 1 aliphatic rings. The maximum Gasteiger partial charge on any atom is 0.334 e. The molecule has 0 amide bonds. The van der Waals surface area contributed by atoms with Gasteiger partial charge in [-0.1, -0.05) is 11.6 Å². The van der Waals surface area contributed by atoms with Gasteiger partial charge in [0, 0.05) is 17.6 Å². The van der Waals surface area contributed by atoms with Gasteiger partial charge in [0.1, 0.15) is 11.8 Å². The molecule has 2 rings (SSSR count). The standard InChI is InChI=1S/C14H18ClN3O5/c1-2-23-13(20)14(5-6-16-8-12(14)19)17-10-4-3-9(15)7-11(10)18(21)22/h3-4,7,12,16-17,19H,2,5-6,8H2,1H3/t12-,14+/m1/s1. The third-order valence-corrected chi connectivity index (χ3v) is 3.99. The number of halogens is 1. The number of nitro benzene ring substituents is 1. The van der Waals surface area contributed by atoms with Crippen LogP contribution in [0.3, 0.4) is 0 Å². The normalized spacial score (nSPS) is 24.0. The first kappa shape index (κ1) is 17.5. The van der Waals surface area contributed by atoms with Crippen molar-refractivity contribution in [2.24, 2.45) is 0 Å². The lowest BCUT2D eigenvalue weighted by Crippen LogP contribution is -2.63. The van der Waals surface area contributed by atoms with Gasteiger partial charge < -0.3 is 20.5 Å². The number of piperidine rings is 1. The minimum Gasteiger partial charge on any atom is -0.464 e. The quantitative estimate of drug-likeness (QED) is 0.419. The summed E-state index contributed by atoms with van der Waals surface area (Å²) in [5.74, 6) is -0.641. The number of carbonyl (C=O) groups excluding carboxylic acids is 1. The number of nitrogens with zero attached hydrogens (tertiary/aromatic N) is 1. The van der Waals surface area contributed by atoms with Crippen molar-refractivity contribution in [3.8, 4) is 0 Å². The lowest BCUT2D eigenvalue weighted by molar-refractivity contribution is -0.384. The number of nitro groups is 1. The summed E-state index contributed by atoms with van der Waals surface area (Å²) in [6, 6.07) is 4.08. The van der Waals surface area contributed by atoms with E-state index in [1.807, 2.05) is 0 Å². The highest BCUT2D eigenvalue weighted by atomic mass is 35.5. The highest BCUT2D eigenvalue weighted by Gasteiger charge is 2.49. The Kier molecular flexibility index (Phi) is 5.40. The van der Waals surface area contributed by atoms with Gasteiger partial charge in [0.15, 0.2) is 5.54 Å². The highest BCUT2D eigenvalue weighted by Crippen LogP contribution is 2.33. The molecular formula is C14H18ClN3O5. The number of aliphatic hydroxyl groups excluding tert-OH is 1. The Bertz CT molecular complexity index is 612. The van der Waals surface area contributed by atoms with Crippen LogP contribution < -0.4 is 10.6 Å². The predicted molar refractivity (Wildman–Crippen MR) is 84.6 cm³/mol. The van der Waals surface area contributed by atoms with E-state index < -0.39 is 22.5 Å². The van der Waals surface area contributed by atoms with Gasteiger partial charge in [0.25, 0.3) is 5.69 Å². The van der Waals surface area contributed by atoms with Crippen LogP contribution in [0.15, 0.2) is 18.2 Å². The predicted octanol–water partition coefficient (Wildman–Crippen LogP) is 1.32. The number of rotatable bonds is 5. The van der Waals surface area contributed by atoms with E-state index in [-0.39, 0.29) is 36.0 Å². The third-order valence-electron chi connectivity index (χ3n) is 3.76. The molecule has 0 aliphatic carbocycles. The average Bonchev–Trinajstić information content (AvgIpc) is 2.51. The van der Waals surface area contributed by atoms with Crippen LogP contribution in [-0.4, -0.2) is 47.3 Å². The minimum absolute atomic E-state index is 0.105. The SMILES string of the molecule is CCOC(=O)[C@]1(Nc2ccc(Cl)cc2[N+](=O)[O-])CCNC[C@H]1O. The summed E-state index contributed by atoms with van der Waals surface area (Å²) in [5, 5.41) is 27.6. The van der Waals surface area contributed by atoms with E-state index in [9.17, 15) is 20.0 Å². The lowest BCUT2D eigenvalue weighted by Gasteiger charge is -2.40. The van der Waals surface area contributed by atoms with Crippen molar-refractivity contribution < 1.29 is 19.6 Å². The zero-order valence-electron chi connectivity index (χ0n) is 12.5. The molecule has 1 aromatic carbocycles. The summed E-state index contributed by atoms with van der Waals surface area (Å²) in [5.41, 5.74) is -1.61. The van der Waals surface area contributed by atoms with Crippen LogP contribution in [0.5, 0.6) is 0 Å². The van der Waals surface area contributed by atoms with E-state index in [1.54, 1.807) is 6.92 Å². The van der Waals surface area contributed by atoms with Crippen molar-refractivity contribution in [2.75, 3.05) is 25.0 Å². The summed E-state index contributed by atoms with van der Waals surface area (Å²) in [6.07, 6.45) is -0.863. The molecule has 0 aromatic heterocycles. The number of nitrogens with one attached hydrogen (secondary N) is 2. The lowest BCUT2D eigenvalue weighted by atomic mass is 9.85. The number of benzene rings is 1. The Labute approximate surface area is 137 Å². The van der Waals surface area contributed by atoms with Gasteiger partial charge in [0.2, 0.25) is 0 Å². The van der Waals surface area contributed by atoms with E-state index in [0.717, 1.165) is 0 Å². The summed E-state index contributed by atoms with van der Waals surface area (Å²) in [6.45, 7) is 2.44. The molecule has 0 radical (unpaired) electrons. The molecule has 0 unspecified atom stereocenters. The molecule has 1 fully saturated rings. The topological polar surface area (TPSA) is 114 Å². The van der Waals surface area contributed by atoms with Crippen molar-refractivity contribution in [3.63, 3.8) is 0 Å². The fraction of sp³-hybridized carbons (Fsp3) is 0.500. The van der Waals surface area contributed by atoms with E-state index >= 15 is 0 Å². The van der Waals surface area contributed by atoms with Crippen molar-refractivity contribution in [2.45, 2.75) is 25.0 Å². The second-order valence-electron chi connectivity index (χ2n) is 5.21. The Hall–Kier alpha value is -1.90. The van der Waals surface area contributed by atoms with Crippen molar-refractivity contribution in [1.29, 1.82) is 0 Å². The van der Waals surface area contributed by atoms with Crippen molar-refractivity contribution in [3.05, 3.63) is 33.3 Å². The second-order valence-corrected chi connectivity index (χ2v) is 5.64. The van der Waals surface area contributed by atoms with E-state index in [1.165, 1.54) is 18.2 Å². The van der Waals surface area contributed by atoms with Gasteiger partial charge in [-0.15, -0.1) is 0 Å². The van der Waals surface area contributed by atoms with Gasteiger partial charge in [-0.05, 0) is 32.0 Å². The summed E-state index contributed by atoms with van der Waals surface area (Å²) >= 11 is 5.80. The monoisotopic (exact) mass is 343 g/mol. The van der Waals surface area contributed by atoms with E-state index in [2.05, 4.69) is 10.6 Å². The van der Waals surface area contributed by atoms with Crippen LogP contribution in [0.4, 0.5) is 11.4 Å². The Balaban J connectivity index is 2.42. The number of aliphatic hydroxyl groups is 1. The molecule has 2 atom stereocenters. The molecular weight excluding hydrogens is 326 g/mol. The van der Waals surface area contributed by atoms with Crippen LogP contribution in [-0.2, 0) is 9.53 Å². The zero-order chi connectivity index (χ0) is 17.0. The van der Waals surface area contributed by atoms with Crippen molar-refractivity contribution in [1.82, 2.24) is 5.32 Å². The molecule has 0 saturated carbocycles. The first-order valence-corrected chi connectivity index (χ1v) is 7.56. The van der Waals surface area contributed by atoms with Gasteiger partial charge >= 0.3 is 5.97 Å².